The number of nitrogens with one attached hydrogen (secondary N) is 1. The topological polar surface area (TPSA) is 60.5 Å². The number of halogens is 1. The van der Waals surface area contributed by atoms with Gasteiger partial charge in [-0.15, -0.1) is 0 Å². The maximum atomic E-state index is 13.6. The molecule has 2 aromatic rings. The standard InChI is InChI=1S/C14H15FN2O3/c1-19-12(20-2)8-16-14(18)11-7-6-9-4-3-5-10(15)13(9)17-11/h3-7,12H,8H2,1-2H3,(H,16,18). The smallest absolute Gasteiger partial charge is 0.270 e. The SMILES string of the molecule is COC(CNC(=O)c1ccc2cccc(F)c2n1)OC. The van der Waals surface area contributed by atoms with Gasteiger partial charge in [-0.05, 0) is 12.1 Å². The van der Waals surface area contributed by atoms with Crippen molar-refractivity contribution in [2.75, 3.05) is 20.8 Å². The minimum atomic E-state index is -0.531. The van der Waals surface area contributed by atoms with Gasteiger partial charge >= 0.3 is 0 Å². The summed E-state index contributed by atoms with van der Waals surface area (Å²) in [5, 5.41) is 3.26. The fraction of sp³-hybridized carbons (Fsp3) is 0.286. The third kappa shape index (κ3) is 3.09. The third-order valence-electron chi connectivity index (χ3n) is 2.86. The van der Waals surface area contributed by atoms with Crippen molar-refractivity contribution in [1.29, 1.82) is 0 Å². The molecular weight excluding hydrogens is 263 g/mol. The summed E-state index contributed by atoms with van der Waals surface area (Å²) in [7, 11) is 2.95. The van der Waals surface area contributed by atoms with Crippen molar-refractivity contribution in [3.63, 3.8) is 0 Å². The van der Waals surface area contributed by atoms with Crippen LogP contribution in [0.15, 0.2) is 30.3 Å². The molecule has 0 saturated carbocycles. The van der Waals surface area contributed by atoms with Gasteiger partial charge in [0.25, 0.3) is 5.91 Å². The van der Waals surface area contributed by atoms with Gasteiger partial charge in [-0.1, -0.05) is 18.2 Å². The fourth-order valence-corrected chi connectivity index (χ4v) is 1.77. The molecule has 106 valence electrons. The predicted molar refractivity (Wildman–Crippen MR) is 71.8 cm³/mol. The lowest BCUT2D eigenvalue weighted by Crippen LogP contribution is -2.34. The van der Waals surface area contributed by atoms with Crippen LogP contribution in [0.3, 0.4) is 0 Å². The third-order valence-corrected chi connectivity index (χ3v) is 2.86. The van der Waals surface area contributed by atoms with Crippen LogP contribution in [0.5, 0.6) is 0 Å². The zero-order valence-electron chi connectivity index (χ0n) is 11.2. The molecule has 0 saturated heterocycles. The highest BCUT2D eigenvalue weighted by molar-refractivity contribution is 5.94. The van der Waals surface area contributed by atoms with E-state index < -0.39 is 18.0 Å². The summed E-state index contributed by atoms with van der Waals surface area (Å²) >= 11 is 0. The molecule has 5 nitrogen and oxygen atoms in total. The van der Waals surface area contributed by atoms with Crippen molar-refractivity contribution in [1.82, 2.24) is 10.3 Å². The number of pyridine rings is 1. The lowest BCUT2D eigenvalue weighted by Gasteiger charge is -2.13. The molecule has 0 aliphatic carbocycles. The van der Waals surface area contributed by atoms with Crippen LogP contribution in [0.2, 0.25) is 0 Å². The number of para-hydroxylation sites is 1. The molecule has 6 heteroatoms. The van der Waals surface area contributed by atoms with Gasteiger partial charge in [0, 0.05) is 19.6 Å². The van der Waals surface area contributed by atoms with Crippen molar-refractivity contribution in [2.24, 2.45) is 0 Å². The molecule has 0 fully saturated rings. The van der Waals surface area contributed by atoms with Crippen LogP contribution >= 0.6 is 0 Å². The van der Waals surface area contributed by atoms with Crippen LogP contribution in [0, 0.1) is 5.82 Å². The monoisotopic (exact) mass is 278 g/mol. The normalized spacial score (nSPS) is 11.0. The van der Waals surface area contributed by atoms with Crippen LogP contribution in [0.25, 0.3) is 10.9 Å². The highest BCUT2D eigenvalue weighted by Crippen LogP contribution is 2.15. The first kappa shape index (κ1) is 14.4. The second-order valence-electron chi connectivity index (χ2n) is 4.12. The molecule has 1 aromatic heterocycles. The number of rotatable bonds is 5. The van der Waals surface area contributed by atoms with E-state index in [1.807, 2.05) is 0 Å². The second-order valence-corrected chi connectivity index (χ2v) is 4.12. The van der Waals surface area contributed by atoms with Gasteiger partial charge in [-0.25, -0.2) is 9.37 Å². The molecule has 1 amide bonds. The first-order valence-corrected chi connectivity index (χ1v) is 6.04. The van der Waals surface area contributed by atoms with Crippen molar-refractivity contribution < 1.29 is 18.7 Å². The minimum absolute atomic E-state index is 0.147. The number of carbonyl (C=O) groups is 1. The second kappa shape index (κ2) is 6.40. The zero-order chi connectivity index (χ0) is 14.5. The summed E-state index contributed by atoms with van der Waals surface area (Å²) in [5.41, 5.74) is 0.323. The maximum Gasteiger partial charge on any atom is 0.270 e. The Morgan fingerprint density at radius 2 is 2.05 bits per heavy atom. The molecule has 0 spiro atoms. The molecule has 0 bridgehead atoms. The van der Waals surface area contributed by atoms with E-state index in [9.17, 15) is 9.18 Å². The van der Waals surface area contributed by atoms with E-state index in [1.165, 1.54) is 20.3 Å². The average Bonchev–Trinajstić information content (AvgIpc) is 2.48. The number of hydrogen-bond donors (Lipinski definition) is 1. The van der Waals surface area contributed by atoms with Crippen LogP contribution in [0.4, 0.5) is 4.39 Å². The number of benzene rings is 1. The van der Waals surface area contributed by atoms with Gasteiger partial charge in [0.05, 0.1) is 6.54 Å². The molecule has 1 N–H and O–H groups in total. The molecule has 0 aliphatic heterocycles. The van der Waals surface area contributed by atoms with Gasteiger partial charge in [0.15, 0.2) is 6.29 Å². The molecule has 1 heterocycles. The number of amides is 1. The van der Waals surface area contributed by atoms with Crippen molar-refractivity contribution in [2.45, 2.75) is 6.29 Å². The molecule has 0 radical (unpaired) electrons. The van der Waals surface area contributed by atoms with Crippen LogP contribution in [-0.2, 0) is 9.47 Å². The number of hydrogen-bond acceptors (Lipinski definition) is 4. The molecule has 2 rings (SSSR count). The quantitative estimate of drug-likeness (QED) is 0.846. The first-order chi connectivity index (χ1) is 9.65. The molecule has 0 atom stereocenters. The Morgan fingerprint density at radius 1 is 1.30 bits per heavy atom. The highest BCUT2D eigenvalue weighted by Gasteiger charge is 2.12. The molecule has 0 aliphatic rings. The summed E-state index contributed by atoms with van der Waals surface area (Å²) in [6.07, 6.45) is -0.531. The Kier molecular flexibility index (Phi) is 4.60. The Bertz CT molecular complexity index is 614. The predicted octanol–water partition coefficient (Wildman–Crippen LogP) is 1.72. The highest BCUT2D eigenvalue weighted by atomic mass is 19.1. The summed E-state index contributed by atoms with van der Waals surface area (Å²) in [6, 6.07) is 7.85. The Hall–Kier alpha value is -2.05. The van der Waals surface area contributed by atoms with Gasteiger partial charge in [-0.3, -0.25) is 4.79 Å². The van der Waals surface area contributed by atoms with Crippen molar-refractivity contribution in [3.05, 3.63) is 41.8 Å². The molecule has 0 unspecified atom stereocenters. The largest absolute Gasteiger partial charge is 0.354 e. The van der Waals surface area contributed by atoms with Crippen LogP contribution in [0.1, 0.15) is 10.5 Å². The number of ether oxygens (including phenoxy) is 2. The van der Waals surface area contributed by atoms with Crippen molar-refractivity contribution >= 4 is 16.8 Å². The fourth-order valence-electron chi connectivity index (χ4n) is 1.77. The van der Waals surface area contributed by atoms with E-state index >= 15 is 0 Å². The molecular formula is C14H15FN2O3. The average molecular weight is 278 g/mol. The van der Waals surface area contributed by atoms with Gasteiger partial charge in [0.1, 0.15) is 17.0 Å². The van der Waals surface area contributed by atoms with E-state index in [4.69, 9.17) is 9.47 Å². The lowest BCUT2D eigenvalue weighted by atomic mass is 10.2. The number of fused-ring (bicyclic) bond motifs is 1. The Labute approximate surface area is 115 Å². The number of methoxy groups -OCH3 is 2. The molecule has 20 heavy (non-hydrogen) atoms. The Balaban J connectivity index is 2.16. The Morgan fingerprint density at radius 3 is 2.75 bits per heavy atom. The van der Waals surface area contributed by atoms with Crippen molar-refractivity contribution in [3.8, 4) is 0 Å². The van der Waals surface area contributed by atoms with E-state index in [-0.39, 0.29) is 17.8 Å². The van der Waals surface area contributed by atoms with Gasteiger partial charge in [0.2, 0.25) is 0 Å². The number of nitrogens with zero attached hydrogens (tertiary/aromatic N) is 1. The van der Waals surface area contributed by atoms with E-state index in [0.29, 0.717) is 5.39 Å². The molecule has 1 aromatic carbocycles. The minimum Gasteiger partial charge on any atom is -0.354 e. The summed E-state index contributed by atoms with van der Waals surface area (Å²) in [5.74, 6) is -0.863. The number of aromatic nitrogens is 1. The van der Waals surface area contributed by atoms with E-state index in [0.717, 1.165) is 0 Å². The summed E-state index contributed by atoms with van der Waals surface area (Å²) in [4.78, 5) is 16.0. The van der Waals surface area contributed by atoms with Gasteiger partial charge in [-0.2, -0.15) is 0 Å². The van der Waals surface area contributed by atoms with E-state index in [2.05, 4.69) is 10.3 Å². The van der Waals surface area contributed by atoms with Crippen LogP contribution in [-0.4, -0.2) is 37.9 Å². The van der Waals surface area contributed by atoms with Crippen LogP contribution < -0.4 is 5.32 Å². The van der Waals surface area contributed by atoms with E-state index in [1.54, 1.807) is 24.3 Å². The lowest BCUT2D eigenvalue weighted by molar-refractivity contribution is -0.0974. The van der Waals surface area contributed by atoms with Gasteiger partial charge < -0.3 is 14.8 Å². The maximum absolute atomic E-state index is 13.6. The summed E-state index contributed by atoms with van der Waals surface area (Å²) < 4.78 is 23.5. The summed E-state index contributed by atoms with van der Waals surface area (Å²) in [6.45, 7) is 0.183. The zero-order valence-corrected chi connectivity index (χ0v) is 11.2. The first-order valence-electron chi connectivity index (χ1n) is 6.04. The number of carbonyl (C=O) groups excluding carboxylic acids is 1.